The fourth-order valence-electron chi connectivity index (χ4n) is 13.1. The number of rotatable bonds is 83. The minimum Gasteiger partial charge on any atom is -0.462 e. The molecule has 0 aliphatic carbocycles. The number of phosphoric acid groups is 2. The normalized spacial score (nSPS) is 14.4. The molecule has 0 aromatic rings. The molecule has 0 spiro atoms. The average molecular weight is 1520 g/mol. The molecule has 0 rings (SSSR count). The highest BCUT2D eigenvalue weighted by Crippen LogP contribution is 2.45. The maximum Gasteiger partial charge on any atom is 0.472 e. The summed E-state index contributed by atoms with van der Waals surface area (Å²) in [6.07, 6.45) is 65.5. The van der Waals surface area contributed by atoms with Crippen molar-refractivity contribution >= 4 is 39.5 Å². The topological polar surface area (TPSA) is 237 Å². The first kappa shape index (κ1) is 102. The molecule has 0 fully saturated rings. The summed E-state index contributed by atoms with van der Waals surface area (Å²) in [5, 5.41) is 10.6. The van der Waals surface area contributed by atoms with Crippen molar-refractivity contribution in [1.29, 1.82) is 0 Å². The van der Waals surface area contributed by atoms with Crippen LogP contribution in [-0.4, -0.2) is 96.7 Å². The average Bonchev–Trinajstić information content (AvgIpc) is 0.933. The van der Waals surface area contributed by atoms with Crippen molar-refractivity contribution in [2.24, 2.45) is 17.8 Å². The molecule has 104 heavy (non-hydrogen) atoms. The summed E-state index contributed by atoms with van der Waals surface area (Å²) in [5.41, 5.74) is 0. The second-order valence-electron chi connectivity index (χ2n) is 31.5. The van der Waals surface area contributed by atoms with Crippen molar-refractivity contribution in [3.05, 3.63) is 0 Å². The van der Waals surface area contributed by atoms with Gasteiger partial charge in [0.2, 0.25) is 0 Å². The fraction of sp³-hybridized carbons (Fsp3) is 0.953. The minimum absolute atomic E-state index is 0.106. The van der Waals surface area contributed by atoms with Gasteiger partial charge in [0.05, 0.1) is 26.4 Å². The monoisotopic (exact) mass is 1520 g/mol. The lowest BCUT2D eigenvalue weighted by Crippen LogP contribution is -2.30. The summed E-state index contributed by atoms with van der Waals surface area (Å²) in [4.78, 5) is 73.0. The van der Waals surface area contributed by atoms with Crippen molar-refractivity contribution in [2.75, 3.05) is 39.6 Å². The van der Waals surface area contributed by atoms with E-state index in [1.54, 1.807) is 0 Å². The number of phosphoric ester groups is 2. The standard InChI is InChI=1S/C85H166O17P2/c1-8-11-12-13-14-15-32-40-45-54-61-68-84(89)102-81(73-96-83(88)67-60-53-48-47-49-56-63-76(4)5)75-100-104(93,94)98-71-79(86)70-97-103(91,92)99-74-80(101-85(90)69-62-55-46-41-36-31-27-23-19-17-21-25-29-34-38-43-51-58-65-78(7)10-3)72-95-82(87)66-59-52-44-39-35-30-26-22-18-16-20-24-28-33-37-42-50-57-64-77(6)9-2/h76-81,86H,8-75H2,1-7H3,(H,91,92)(H,93,94)/t77?,78?,79-,80-,81-/m1/s1. The first-order valence-corrected chi connectivity index (χ1v) is 46.9. The van der Waals surface area contributed by atoms with Gasteiger partial charge < -0.3 is 33.8 Å². The SMILES string of the molecule is CCCCCCCCCCCCCC(=O)O[C@H](COC(=O)CCCCCCCCC(C)C)COP(=O)(O)OC[C@H](O)COP(=O)(O)OC[C@@H](COC(=O)CCCCCCCCCCCCCCCCCCCCC(C)CC)OC(=O)CCCCCCCCCCCCCCCCCCCCC(C)CC. The van der Waals surface area contributed by atoms with Gasteiger partial charge in [-0.1, -0.05) is 395 Å². The van der Waals surface area contributed by atoms with E-state index in [9.17, 15) is 43.2 Å². The molecule has 0 radical (unpaired) electrons. The lowest BCUT2D eigenvalue weighted by Gasteiger charge is -2.21. The third-order valence-corrected chi connectivity index (χ3v) is 22.5. The molecule has 0 aromatic carbocycles. The maximum absolute atomic E-state index is 13.1. The Morgan fingerprint density at radius 2 is 0.490 bits per heavy atom. The van der Waals surface area contributed by atoms with E-state index in [1.807, 2.05) is 0 Å². The highest BCUT2D eigenvalue weighted by Gasteiger charge is 2.30. The molecule has 0 amide bonds. The van der Waals surface area contributed by atoms with Crippen LogP contribution in [0.3, 0.4) is 0 Å². The molecule has 17 nitrogen and oxygen atoms in total. The van der Waals surface area contributed by atoms with Crippen molar-refractivity contribution in [3.63, 3.8) is 0 Å². The number of aliphatic hydroxyl groups is 1. The Balaban J connectivity index is 5.17. The van der Waals surface area contributed by atoms with Crippen LogP contribution in [0.25, 0.3) is 0 Å². The summed E-state index contributed by atoms with van der Waals surface area (Å²) in [7, 11) is -9.92. The van der Waals surface area contributed by atoms with Crippen LogP contribution in [0, 0.1) is 17.8 Å². The number of esters is 4. The van der Waals surface area contributed by atoms with Crippen LogP contribution in [0.1, 0.15) is 447 Å². The quantitative estimate of drug-likeness (QED) is 0.0222. The lowest BCUT2D eigenvalue weighted by molar-refractivity contribution is -0.161. The van der Waals surface area contributed by atoms with Gasteiger partial charge in [0.1, 0.15) is 19.3 Å². The van der Waals surface area contributed by atoms with Crippen LogP contribution < -0.4 is 0 Å². The van der Waals surface area contributed by atoms with Gasteiger partial charge in [-0.15, -0.1) is 0 Å². The predicted molar refractivity (Wildman–Crippen MR) is 428 cm³/mol. The molecule has 618 valence electrons. The van der Waals surface area contributed by atoms with Crippen molar-refractivity contribution < 1.29 is 80.2 Å². The van der Waals surface area contributed by atoms with Crippen LogP contribution in [0.15, 0.2) is 0 Å². The molecular formula is C85H166O17P2. The molecular weight excluding hydrogens is 1350 g/mol. The second-order valence-corrected chi connectivity index (χ2v) is 34.4. The Kier molecular flexibility index (Phi) is 73.7. The highest BCUT2D eigenvalue weighted by atomic mass is 31.2. The number of hydrogen-bond acceptors (Lipinski definition) is 15. The Bertz CT molecular complexity index is 2010. The number of carbonyl (C=O) groups is 4. The van der Waals surface area contributed by atoms with Gasteiger partial charge in [-0.25, -0.2) is 9.13 Å². The molecule has 0 aromatic heterocycles. The van der Waals surface area contributed by atoms with E-state index in [-0.39, 0.29) is 25.7 Å². The molecule has 19 heteroatoms. The molecule has 0 bridgehead atoms. The minimum atomic E-state index is -4.96. The summed E-state index contributed by atoms with van der Waals surface area (Å²) in [6, 6.07) is 0. The van der Waals surface area contributed by atoms with Gasteiger partial charge in [-0.2, -0.15) is 0 Å². The number of hydrogen-bond donors (Lipinski definition) is 3. The summed E-state index contributed by atoms with van der Waals surface area (Å²) in [6.45, 7) is 12.0. The number of unbranched alkanes of at least 4 members (excludes halogenated alkanes) is 49. The van der Waals surface area contributed by atoms with Crippen molar-refractivity contribution in [2.45, 2.75) is 465 Å². The molecule has 0 aliphatic rings. The summed E-state index contributed by atoms with van der Waals surface area (Å²) < 4.78 is 68.7. The van der Waals surface area contributed by atoms with E-state index in [0.29, 0.717) is 31.6 Å². The van der Waals surface area contributed by atoms with Crippen LogP contribution in [0.4, 0.5) is 0 Å². The predicted octanol–water partition coefficient (Wildman–Crippen LogP) is 25.7. The van der Waals surface area contributed by atoms with Gasteiger partial charge in [0.15, 0.2) is 12.2 Å². The van der Waals surface area contributed by atoms with Crippen LogP contribution in [0.2, 0.25) is 0 Å². The van der Waals surface area contributed by atoms with E-state index in [0.717, 1.165) is 108 Å². The third kappa shape index (κ3) is 75.5. The number of ether oxygens (including phenoxy) is 4. The summed E-state index contributed by atoms with van der Waals surface area (Å²) in [5.74, 6) is 0.315. The lowest BCUT2D eigenvalue weighted by atomic mass is 9.99. The van der Waals surface area contributed by atoms with Crippen molar-refractivity contribution in [1.82, 2.24) is 0 Å². The van der Waals surface area contributed by atoms with E-state index in [4.69, 9.17) is 37.0 Å². The zero-order chi connectivity index (χ0) is 76.5. The Morgan fingerprint density at radius 1 is 0.279 bits per heavy atom. The third-order valence-electron chi connectivity index (χ3n) is 20.6. The van der Waals surface area contributed by atoms with E-state index < -0.39 is 97.5 Å². The van der Waals surface area contributed by atoms with Gasteiger partial charge in [0.25, 0.3) is 0 Å². The van der Waals surface area contributed by atoms with E-state index >= 15 is 0 Å². The summed E-state index contributed by atoms with van der Waals surface area (Å²) >= 11 is 0. The second kappa shape index (κ2) is 75.1. The van der Waals surface area contributed by atoms with E-state index in [1.165, 1.54) is 250 Å². The molecule has 0 aliphatic heterocycles. The Morgan fingerprint density at radius 3 is 0.731 bits per heavy atom. The van der Waals surface area contributed by atoms with Gasteiger partial charge >= 0.3 is 39.5 Å². The van der Waals surface area contributed by atoms with Crippen LogP contribution in [-0.2, 0) is 65.4 Å². The molecule has 0 saturated carbocycles. The fourth-order valence-corrected chi connectivity index (χ4v) is 14.7. The Hall–Kier alpha value is -1.94. The van der Waals surface area contributed by atoms with Gasteiger partial charge in [-0.05, 0) is 43.4 Å². The zero-order valence-electron chi connectivity index (χ0n) is 68.5. The van der Waals surface area contributed by atoms with Gasteiger partial charge in [-0.3, -0.25) is 37.3 Å². The zero-order valence-corrected chi connectivity index (χ0v) is 70.3. The molecule has 0 heterocycles. The maximum atomic E-state index is 13.1. The van der Waals surface area contributed by atoms with Crippen LogP contribution in [0.5, 0.6) is 0 Å². The molecule has 0 saturated heterocycles. The van der Waals surface area contributed by atoms with E-state index in [2.05, 4.69) is 48.5 Å². The number of aliphatic hydroxyl groups excluding tert-OH is 1. The smallest absolute Gasteiger partial charge is 0.462 e. The molecule has 7 atom stereocenters. The Labute approximate surface area is 638 Å². The first-order chi connectivity index (χ1) is 50.3. The first-order valence-electron chi connectivity index (χ1n) is 43.9. The van der Waals surface area contributed by atoms with Crippen LogP contribution >= 0.6 is 15.6 Å². The molecule has 4 unspecified atom stereocenters. The van der Waals surface area contributed by atoms with Gasteiger partial charge in [0, 0.05) is 25.7 Å². The largest absolute Gasteiger partial charge is 0.472 e. The van der Waals surface area contributed by atoms with Crippen molar-refractivity contribution in [3.8, 4) is 0 Å². The number of carbonyl (C=O) groups excluding carboxylic acids is 4. The molecule has 3 N–H and O–H groups in total. The highest BCUT2D eigenvalue weighted by molar-refractivity contribution is 7.47.